The van der Waals surface area contributed by atoms with Crippen LogP contribution in [0.2, 0.25) is 0 Å². The van der Waals surface area contributed by atoms with Gasteiger partial charge in [0.05, 0.1) is 31.0 Å². The number of nitrogens with one attached hydrogen (secondary N) is 1. The molecule has 1 aromatic carbocycles. The maximum absolute atomic E-state index is 13.0. The van der Waals surface area contributed by atoms with E-state index in [1.807, 2.05) is 26.8 Å². The van der Waals surface area contributed by atoms with Gasteiger partial charge in [-0.3, -0.25) is 5.32 Å². The monoisotopic (exact) mass is 566 g/mol. The van der Waals surface area contributed by atoms with Gasteiger partial charge < -0.3 is 24.2 Å². The largest absolute Gasteiger partial charge is 0.507 e. The molecule has 0 bridgehead atoms. The Morgan fingerprint density at radius 2 is 1.95 bits per heavy atom. The molecule has 5 rings (SSSR count). The second-order valence-corrected chi connectivity index (χ2v) is 11.8. The van der Waals surface area contributed by atoms with E-state index in [1.54, 1.807) is 30.0 Å². The van der Waals surface area contributed by atoms with Crippen LogP contribution in [0.4, 0.5) is 20.2 Å². The molecule has 2 aliphatic heterocycles. The first-order valence-corrected chi connectivity index (χ1v) is 14.3. The molecule has 0 spiro atoms. The van der Waals surface area contributed by atoms with Gasteiger partial charge >= 0.3 is 18.2 Å². The highest BCUT2D eigenvalue weighted by atomic mass is 16.6. The van der Waals surface area contributed by atoms with Gasteiger partial charge in [-0.1, -0.05) is 6.07 Å². The molecule has 1 unspecified atom stereocenters. The van der Waals surface area contributed by atoms with Crippen molar-refractivity contribution in [3.63, 3.8) is 0 Å². The minimum absolute atomic E-state index is 0.00556. The molecular weight excluding hydrogens is 528 g/mol. The Morgan fingerprint density at radius 3 is 2.66 bits per heavy atom. The van der Waals surface area contributed by atoms with Crippen LogP contribution in [0, 0.1) is 5.92 Å². The van der Waals surface area contributed by atoms with Crippen LogP contribution in [-0.2, 0) is 16.0 Å². The van der Waals surface area contributed by atoms with Gasteiger partial charge in [0.1, 0.15) is 22.9 Å². The first kappa shape index (κ1) is 28.5. The number of urea groups is 1. The second-order valence-electron chi connectivity index (χ2n) is 11.8. The van der Waals surface area contributed by atoms with Crippen molar-refractivity contribution in [2.75, 3.05) is 31.6 Å². The first-order chi connectivity index (χ1) is 19.5. The maximum atomic E-state index is 13.0. The van der Waals surface area contributed by atoms with Gasteiger partial charge in [-0.15, -0.1) is 0 Å². The summed E-state index contributed by atoms with van der Waals surface area (Å²) in [5.74, 6) is 1.18. The number of carbonyl (C=O) groups excluding carboxylic acids is 3. The normalized spacial score (nSPS) is 18.8. The molecule has 4 amide bonds. The van der Waals surface area contributed by atoms with Crippen LogP contribution < -0.4 is 10.1 Å². The van der Waals surface area contributed by atoms with Crippen LogP contribution in [0.5, 0.6) is 11.5 Å². The van der Waals surface area contributed by atoms with Crippen LogP contribution in [0.1, 0.15) is 70.4 Å². The summed E-state index contributed by atoms with van der Waals surface area (Å²) in [6.45, 7) is 8.78. The molecule has 2 aromatic rings. The highest BCUT2D eigenvalue weighted by molar-refractivity contribution is 6.01. The number of hydrogen-bond acceptors (Lipinski definition) is 8. The van der Waals surface area contributed by atoms with E-state index in [0.29, 0.717) is 54.0 Å². The summed E-state index contributed by atoms with van der Waals surface area (Å²) < 4.78 is 16.8. The Kier molecular flexibility index (Phi) is 7.97. The molecule has 2 fully saturated rings. The first-order valence-electron chi connectivity index (χ1n) is 14.3. The minimum atomic E-state index is -0.749. The van der Waals surface area contributed by atoms with Crippen molar-refractivity contribution in [2.24, 2.45) is 5.92 Å². The van der Waals surface area contributed by atoms with Crippen LogP contribution >= 0.6 is 0 Å². The fourth-order valence-electron chi connectivity index (χ4n) is 5.21. The van der Waals surface area contributed by atoms with Crippen molar-refractivity contribution in [1.29, 1.82) is 0 Å². The van der Waals surface area contributed by atoms with E-state index in [0.717, 1.165) is 36.1 Å². The fraction of sp³-hybridized carbons (Fsp3) is 0.533. The molecular formula is C30H38N4O7. The van der Waals surface area contributed by atoms with Gasteiger partial charge in [0, 0.05) is 24.6 Å². The van der Waals surface area contributed by atoms with Crippen molar-refractivity contribution >= 4 is 24.0 Å². The number of likely N-dealkylation sites (tertiary alicyclic amines) is 1. The highest BCUT2D eigenvalue weighted by Gasteiger charge is 2.36. The van der Waals surface area contributed by atoms with E-state index in [1.165, 1.54) is 0 Å². The summed E-state index contributed by atoms with van der Waals surface area (Å²) in [6.07, 6.45) is 2.62. The van der Waals surface area contributed by atoms with Crippen molar-refractivity contribution in [2.45, 2.75) is 71.4 Å². The Labute approximate surface area is 239 Å². The third kappa shape index (κ3) is 6.49. The fourth-order valence-corrected chi connectivity index (χ4v) is 5.21. The number of benzene rings is 1. The summed E-state index contributed by atoms with van der Waals surface area (Å²) >= 11 is 0. The number of aromatic hydroxyl groups is 1. The average molecular weight is 567 g/mol. The molecule has 41 heavy (non-hydrogen) atoms. The Bertz CT molecular complexity index is 1330. The van der Waals surface area contributed by atoms with Gasteiger partial charge in [0.2, 0.25) is 0 Å². The third-order valence-electron chi connectivity index (χ3n) is 7.38. The lowest BCUT2D eigenvalue weighted by Crippen LogP contribution is -2.45. The summed E-state index contributed by atoms with van der Waals surface area (Å²) in [5, 5.41) is 13.7. The number of aromatic nitrogens is 1. The van der Waals surface area contributed by atoms with Gasteiger partial charge in [-0.25, -0.2) is 24.3 Å². The van der Waals surface area contributed by atoms with Crippen molar-refractivity contribution in [1.82, 2.24) is 14.8 Å². The van der Waals surface area contributed by atoms with Crippen molar-refractivity contribution < 1.29 is 33.7 Å². The lowest BCUT2D eigenvalue weighted by atomic mass is 9.86. The summed E-state index contributed by atoms with van der Waals surface area (Å²) in [4.78, 5) is 45.9. The molecule has 2 N–H and O–H groups in total. The number of nitrogens with zero attached hydrogens (tertiary/aromatic N) is 3. The zero-order chi connectivity index (χ0) is 29.3. The third-order valence-corrected chi connectivity index (χ3v) is 7.38. The average Bonchev–Trinajstić information content (AvgIpc) is 3.75. The van der Waals surface area contributed by atoms with E-state index >= 15 is 0 Å². The topological polar surface area (TPSA) is 131 Å². The number of anilines is 1. The standard InChI is InChI=1S/C30H38N4O7/c1-5-39-29(38)34-16-21-20(19-8-7-13-33(15-19)28(37)41-30(2,3)4)14-22(31-26(21)32-27(34)36)25-23(35)9-6-10-24(25)40-17-18-11-12-18/h6,9-10,14,18-19,35H,5,7-8,11-13,15-17H2,1-4H3,(H,31,32,36). The Balaban J connectivity index is 1.56. The molecule has 1 atom stereocenters. The number of hydrogen-bond donors (Lipinski definition) is 2. The van der Waals surface area contributed by atoms with Gasteiger partial charge in [-0.2, -0.15) is 0 Å². The SMILES string of the molecule is CCOC(=O)N1Cc2c(C3CCCN(C(=O)OC(C)(C)C)C3)cc(-c3c(O)cccc3OCC3CC3)nc2NC1=O. The summed E-state index contributed by atoms with van der Waals surface area (Å²) in [7, 11) is 0. The molecule has 1 aromatic heterocycles. The molecule has 220 valence electrons. The van der Waals surface area contributed by atoms with E-state index in [4.69, 9.17) is 19.2 Å². The molecule has 3 heterocycles. The maximum Gasteiger partial charge on any atom is 0.418 e. The van der Waals surface area contributed by atoms with Crippen LogP contribution in [0.15, 0.2) is 24.3 Å². The number of piperidine rings is 1. The van der Waals surface area contributed by atoms with Crippen LogP contribution in [0.25, 0.3) is 11.3 Å². The van der Waals surface area contributed by atoms with E-state index < -0.39 is 17.7 Å². The Morgan fingerprint density at radius 1 is 1.17 bits per heavy atom. The molecule has 3 aliphatic rings. The number of phenolic OH excluding ortho intramolecular Hbond substituents is 1. The molecule has 11 heteroatoms. The van der Waals surface area contributed by atoms with Gasteiger partial charge in [-0.05, 0) is 83.1 Å². The number of amides is 4. The van der Waals surface area contributed by atoms with Crippen LogP contribution in [-0.4, -0.2) is 70.0 Å². The van der Waals surface area contributed by atoms with E-state index in [-0.39, 0.29) is 30.9 Å². The highest BCUT2D eigenvalue weighted by Crippen LogP contribution is 2.43. The molecule has 11 nitrogen and oxygen atoms in total. The predicted octanol–water partition coefficient (Wildman–Crippen LogP) is 5.86. The molecule has 0 radical (unpaired) electrons. The number of fused-ring (bicyclic) bond motifs is 1. The smallest absolute Gasteiger partial charge is 0.418 e. The minimum Gasteiger partial charge on any atom is -0.507 e. The number of phenols is 1. The lowest BCUT2D eigenvalue weighted by Gasteiger charge is -2.36. The van der Waals surface area contributed by atoms with Gasteiger partial charge in [0.15, 0.2) is 0 Å². The van der Waals surface area contributed by atoms with Gasteiger partial charge in [0.25, 0.3) is 0 Å². The quantitative estimate of drug-likeness (QED) is 0.445. The number of rotatable bonds is 6. The number of carbonyl (C=O) groups is 3. The predicted molar refractivity (Wildman–Crippen MR) is 151 cm³/mol. The zero-order valence-electron chi connectivity index (χ0n) is 24.1. The molecule has 1 aliphatic carbocycles. The van der Waals surface area contributed by atoms with Crippen LogP contribution in [0.3, 0.4) is 0 Å². The molecule has 1 saturated carbocycles. The summed E-state index contributed by atoms with van der Waals surface area (Å²) in [6, 6.07) is 6.32. The number of pyridine rings is 1. The number of imide groups is 1. The van der Waals surface area contributed by atoms with Crippen molar-refractivity contribution in [3.8, 4) is 22.8 Å². The van der Waals surface area contributed by atoms with E-state index in [2.05, 4.69) is 5.32 Å². The zero-order valence-corrected chi connectivity index (χ0v) is 24.1. The second kappa shape index (κ2) is 11.5. The summed E-state index contributed by atoms with van der Waals surface area (Å²) in [5.41, 5.74) is 1.72. The number of ether oxygens (including phenoxy) is 3. The van der Waals surface area contributed by atoms with Crippen molar-refractivity contribution in [3.05, 3.63) is 35.4 Å². The Hall–Kier alpha value is -4.02. The lowest BCUT2D eigenvalue weighted by molar-refractivity contribution is 0.0198. The molecule has 1 saturated heterocycles. The van der Waals surface area contributed by atoms with E-state index in [9.17, 15) is 19.5 Å².